The number of aromatic nitrogens is 1. The van der Waals surface area contributed by atoms with Gasteiger partial charge in [0.1, 0.15) is 0 Å². The Kier molecular flexibility index (Phi) is 9.28. The molecule has 0 radical (unpaired) electrons. The second kappa shape index (κ2) is 11.7. The van der Waals surface area contributed by atoms with Crippen LogP contribution >= 0.6 is 23.1 Å². The summed E-state index contributed by atoms with van der Waals surface area (Å²) in [7, 11) is 0. The molecule has 154 valence electrons. The van der Waals surface area contributed by atoms with Gasteiger partial charge in [0, 0.05) is 36.0 Å². The van der Waals surface area contributed by atoms with Crippen molar-refractivity contribution >= 4 is 45.3 Å². The number of nitrogens with zero attached hydrogens (tertiary/aromatic N) is 2. The summed E-state index contributed by atoms with van der Waals surface area (Å²) in [5.41, 5.74) is 3.26. The van der Waals surface area contributed by atoms with Crippen LogP contribution in [0.3, 0.4) is 0 Å². The van der Waals surface area contributed by atoms with Crippen LogP contribution in [0.2, 0.25) is 5.02 Å². The van der Waals surface area contributed by atoms with E-state index in [1.807, 2.05) is 24.3 Å². The number of likely N-dealkylation sites (N-methyl/N-ethyl adjacent to an activating group) is 1. The molecule has 0 bridgehead atoms. The number of aliphatic hydroxyl groups is 1. The van der Waals surface area contributed by atoms with Crippen LogP contribution in [-0.2, 0) is 4.79 Å². The van der Waals surface area contributed by atoms with E-state index in [4.69, 9.17) is 26.6 Å². The molecule has 3 aromatic rings. The van der Waals surface area contributed by atoms with E-state index in [-0.39, 0.29) is 6.61 Å². The van der Waals surface area contributed by atoms with Crippen molar-refractivity contribution in [1.82, 2.24) is 9.27 Å². The molecule has 2 N–H and O–H groups in total. The zero-order valence-corrected chi connectivity index (χ0v) is 18.1. The summed E-state index contributed by atoms with van der Waals surface area (Å²) in [6.45, 7) is 5.86. The molecule has 1 aromatic heterocycles. The Morgan fingerprint density at radius 1 is 1.24 bits per heavy atom. The van der Waals surface area contributed by atoms with E-state index >= 15 is 0 Å². The van der Waals surface area contributed by atoms with Crippen LogP contribution in [0.1, 0.15) is 19.4 Å². The van der Waals surface area contributed by atoms with Gasteiger partial charge in [-0.15, -0.1) is 0 Å². The summed E-state index contributed by atoms with van der Waals surface area (Å²) in [6, 6.07) is 14.2. The molecule has 0 fully saturated rings. The van der Waals surface area contributed by atoms with Gasteiger partial charge in [-0.25, -0.2) is 0 Å². The monoisotopic (exact) mass is 432 g/mol. The third kappa shape index (κ3) is 7.25. The second-order valence-electron chi connectivity index (χ2n) is 6.33. The lowest BCUT2D eigenvalue weighted by molar-refractivity contribution is -0.134. The molecule has 0 amide bonds. The predicted octanol–water partition coefficient (Wildman–Crippen LogP) is 5.04. The minimum absolute atomic E-state index is 0.196. The Balaban J connectivity index is 0.000000687. The zero-order valence-electron chi connectivity index (χ0n) is 16.5. The number of hydrogen-bond donors (Lipinski definition) is 2. The normalized spacial score (nSPS) is 11.1. The molecule has 1 heterocycles. The fourth-order valence-corrected chi connectivity index (χ4v) is 3.70. The van der Waals surface area contributed by atoms with Crippen LogP contribution in [0.4, 0.5) is 0 Å². The molecule has 0 aliphatic heterocycles. The predicted molar refractivity (Wildman–Crippen MR) is 122 cm³/mol. The van der Waals surface area contributed by atoms with Crippen molar-refractivity contribution in [1.29, 1.82) is 0 Å². The van der Waals surface area contributed by atoms with Crippen LogP contribution in [0.25, 0.3) is 27.4 Å². The first kappa shape index (κ1) is 23.0. The molecule has 5 nitrogen and oxygen atoms in total. The van der Waals surface area contributed by atoms with E-state index in [0.29, 0.717) is 6.54 Å². The van der Waals surface area contributed by atoms with Gasteiger partial charge in [0.05, 0.1) is 17.0 Å². The van der Waals surface area contributed by atoms with Crippen molar-refractivity contribution in [2.45, 2.75) is 13.8 Å². The van der Waals surface area contributed by atoms with Crippen LogP contribution < -0.4 is 0 Å². The number of carbonyl (C=O) groups is 1. The minimum atomic E-state index is -0.833. The average Bonchev–Trinajstić information content (AvgIpc) is 3.11. The van der Waals surface area contributed by atoms with Crippen LogP contribution in [0.15, 0.2) is 48.5 Å². The third-order valence-electron chi connectivity index (χ3n) is 4.15. The number of hydrogen-bond acceptors (Lipinski definition) is 5. The Morgan fingerprint density at radius 2 is 1.93 bits per heavy atom. The van der Waals surface area contributed by atoms with Gasteiger partial charge in [-0.2, -0.15) is 4.37 Å². The summed E-state index contributed by atoms with van der Waals surface area (Å²) < 4.78 is 5.80. The summed E-state index contributed by atoms with van der Waals surface area (Å²) in [4.78, 5) is 11.2. The molecule has 2 aromatic carbocycles. The lowest BCUT2D eigenvalue weighted by atomic mass is 10.1. The van der Waals surface area contributed by atoms with Crippen molar-refractivity contribution < 1.29 is 15.0 Å². The highest BCUT2D eigenvalue weighted by molar-refractivity contribution is 7.13. The number of aliphatic carboxylic acids is 1. The average molecular weight is 433 g/mol. The van der Waals surface area contributed by atoms with Crippen LogP contribution in [0, 0.1) is 0 Å². The number of benzene rings is 2. The maximum atomic E-state index is 9.04. The molecule has 0 atom stereocenters. The van der Waals surface area contributed by atoms with Crippen molar-refractivity contribution in [2.24, 2.45) is 0 Å². The number of fused-ring (bicyclic) bond motifs is 1. The number of rotatable bonds is 7. The molecular formula is C22H25ClN2O3S. The maximum absolute atomic E-state index is 9.04. The number of aliphatic hydroxyl groups excluding tert-OH is 1. The van der Waals surface area contributed by atoms with Crippen molar-refractivity contribution in [3.8, 4) is 11.3 Å². The van der Waals surface area contributed by atoms with Crippen molar-refractivity contribution in [3.05, 3.63) is 59.1 Å². The molecule has 29 heavy (non-hydrogen) atoms. The van der Waals surface area contributed by atoms with Crippen molar-refractivity contribution in [2.75, 3.05) is 26.2 Å². The van der Waals surface area contributed by atoms with E-state index in [9.17, 15) is 0 Å². The van der Waals surface area contributed by atoms with Crippen LogP contribution in [-0.4, -0.2) is 51.7 Å². The Hall–Kier alpha value is -2.25. The fourth-order valence-electron chi connectivity index (χ4n) is 2.73. The first-order chi connectivity index (χ1) is 13.9. The topological polar surface area (TPSA) is 73.7 Å². The fraction of sp³-hybridized carbons (Fsp3) is 0.273. The van der Waals surface area contributed by atoms with Gasteiger partial charge in [-0.1, -0.05) is 54.9 Å². The summed E-state index contributed by atoms with van der Waals surface area (Å²) >= 11 is 7.49. The largest absolute Gasteiger partial charge is 0.481 e. The van der Waals surface area contributed by atoms with Crippen LogP contribution in [0.5, 0.6) is 0 Å². The highest BCUT2D eigenvalue weighted by atomic mass is 35.5. The van der Waals surface area contributed by atoms with Gasteiger partial charge >= 0.3 is 0 Å². The molecular weight excluding hydrogens is 408 g/mol. The lowest BCUT2D eigenvalue weighted by Crippen LogP contribution is -2.26. The maximum Gasteiger partial charge on any atom is 0.300 e. The molecule has 0 unspecified atom stereocenters. The summed E-state index contributed by atoms with van der Waals surface area (Å²) in [6.07, 6.45) is 4.27. The first-order valence-electron chi connectivity index (χ1n) is 9.29. The number of carboxylic acid groups (broad SMARTS) is 1. The Morgan fingerprint density at radius 3 is 2.55 bits per heavy atom. The van der Waals surface area contributed by atoms with E-state index in [1.54, 1.807) is 0 Å². The molecule has 0 spiro atoms. The second-order valence-corrected chi connectivity index (χ2v) is 7.57. The molecule has 0 aliphatic carbocycles. The molecule has 0 saturated heterocycles. The molecule has 3 rings (SSSR count). The van der Waals surface area contributed by atoms with Crippen molar-refractivity contribution in [3.63, 3.8) is 0 Å². The number of halogens is 1. The highest BCUT2D eigenvalue weighted by Crippen LogP contribution is 2.32. The van der Waals surface area contributed by atoms with E-state index in [0.717, 1.165) is 36.3 Å². The SMILES string of the molecule is CC(=O)O.CCN(C/C=C\c1ccc2c(-c3ccc(Cl)cc3)nsc2c1)CCO. The molecule has 7 heteroatoms. The lowest BCUT2D eigenvalue weighted by Gasteiger charge is -2.16. The van der Waals surface area contributed by atoms with E-state index < -0.39 is 5.97 Å². The van der Waals surface area contributed by atoms with Gasteiger partial charge in [0.2, 0.25) is 0 Å². The van der Waals surface area contributed by atoms with E-state index in [2.05, 4.69) is 46.5 Å². The first-order valence-corrected chi connectivity index (χ1v) is 10.4. The highest BCUT2D eigenvalue weighted by Gasteiger charge is 2.08. The quantitative estimate of drug-likeness (QED) is 0.547. The summed E-state index contributed by atoms with van der Waals surface area (Å²) in [5.74, 6) is -0.833. The number of carboxylic acids is 1. The van der Waals surface area contributed by atoms with Gasteiger partial charge in [-0.3, -0.25) is 9.69 Å². The minimum Gasteiger partial charge on any atom is -0.481 e. The van der Waals surface area contributed by atoms with Gasteiger partial charge in [0.25, 0.3) is 5.97 Å². The summed E-state index contributed by atoms with van der Waals surface area (Å²) in [5, 5.41) is 18.4. The smallest absolute Gasteiger partial charge is 0.300 e. The van der Waals surface area contributed by atoms with Gasteiger partial charge in [0.15, 0.2) is 0 Å². The third-order valence-corrected chi connectivity index (χ3v) is 5.21. The van der Waals surface area contributed by atoms with Gasteiger partial charge in [-0.05, 0) is 41.8 Å². The Bertz CT molecular complexity index is 950. The zero-order chi connectivity index (χ0) is 21.2. The Labute approximate surface area is 180 Å². The molecule has 0 aliphatic rings. The molecule has 0 saturated carbocycles. The van der Waals surface area contributed by atoms with E-state index in [1.165, 1.54) is 27.2 Å². The standard InChI is InChI=1S/C20H21ClN2OS.C2H4O2/c1-2-23(12-13-24)11-3-4-15-5-10-18-19(14-15)25-22-20(18)16-6-8-17(21)9-7-16;1-2(3)4/h3-10,14,24H,2,11-13H2,1H3;1H3,(H,3,4)/b4-3-;. The van der Waals surface area contributed by atoms with Gasteiger partial charge < -0.3 is 10.2 Å².